The van der Waals surface area contributed by atoms with Crippen molar-refractivity contribution in [3.05, 3.63) is 35.1 Å². The van der Waals surface area contributed by atoms with Gasteiger partial charge in [-0.3, -0.25) is 0 Å². The van der Waals surface area contributed by atoms with E-state index in [1.165, 1.54) is 6.07 Å². The summed E-state index contributed by atoms with van der Waals surface area (Å²) in [7, 11) is 0. The van der Waals surface area contributed by atoms with Gasteiger partial charge in [-0.1, -0.05) is 17.3 Å². The van der Waals surface area contributed by atoms with Gasteiger partial charge in [0, 0.05) is 5.56 Å². The number of benzene rings is 1. The summed E-state index contributed by atoms with van der Waals surface area (Å²) in [4.78, 5) is 0. The Morgan fingerprint density at radius 2 is 1.86 bits per heavy atom. The normalized spacial score (nSPS) is 13.5. The minimum Gasteiger partial charge on any atom is -0.409 e. The zero-order chi connectivity index (χ0) is 16.3. The Bertz CT molecular complexity index is 530. The second kappa shape index (κ2) is 6.20. The summed E-state index contributed by atoms with van der Waals surface area (Å²) in [5.41, 5.74) is 4.53. The van der Waals surface area contributed by atoms with Crippen molar-refractivity contribution in [3.63, 3.8) is 0 Å². The van der Waals surface area contributed by atoms with E-state index in [1.54, 1.807) is 0 Å². The van der Waals surface area contributed by atoms with Gasteiger partial charge in [0.25, 0.3) is 0 Å². The molecule has 0 fully saturated rings. The van der Waals surface area contributed by atoms with Crippen molar-refractivity contribution in [2.75, 3.05) is 6.61 Å². The first-order valence-corrected chi connectivity index (χ1v) is 5.37. The number of nitrogens with two attached hydrogens (primary N) is 1. The second-order valence-corrected chi connectivity index (χ2v) is 3.96. The van der Waals surface area contributed by atoms with E-state index in [9.17, 15) is 26.3 Å². The molecule has 21 heavy (non-hydrogen) atoms. The van der Waals surface area contributed by atoms with E-state index < -0.39 is 37.0 Å². The van der Waals surface area contributed by atoms with Gasteiger partial charge >= 0.3 is 12.1 Å². The molecule has 4 nitrogen and oxygen atoms in total. The van der Waals surface area contributed by atoms with Crippen molar-refractivity contribution in [1.82, 2.24) is 0 Å². The quantitative estimate of drug-likeness (QED) is 0.288. The predicted molar refractivity (Wildman–Crippen MR) is 59.6 cm³/mol. The number of hydrogen-bond donors (Lipinski definition) is 2. The lowest BCUT2D eigenvalue weighted by Gasteiger charge is -2.19. The molecule has 0 aliphatic carbocycles. The van der Waals surface area contributed by atoms with Crippen LogP contribution in [0.4, 0.5) is 26.3 Å². The van der Waals surface area contributed by atoms with Crippen LogP contribution in [-0.2, 0) is 11.3 Å². The van der Waals surface area contributed by atoms with Gasteiger partial charge in [-0.2, -0.15) is 22.0 Å². The number of ether oxygens (including phenoxy) is 1. The fourth-order valence-electron chi connectivity index (χ4n) is 1.31. The molecule has 0 heterocycles. The molecule has 0 atom stereocenters. The molecule has 0 radical (unpaired) electrons. The summed E-state index contributed by atoms with van der Waals surface area (Å²) in [6.07, 6.45) is -5.75. The van der Waals surface area contributed by atoms with Crippen LogP contribution in [0.1, 0.15) is 11.1 Å². The Balaban J connectivity index is 2.78. The molecule has 0 spiro atoms. The number of oxime groups is 1. The molecule has 0 aromatic heterocycles. The van der Waals surface area contributed by atoms with Crippen molar-refractivity contribution in [3.8, 4) is 0 Å². The summed E-state index contributed by atoms with van der Waals surface area (Å²) in [6, 6.07) is 3.49. The first kappa shape index (κ1) is 17.1. The lowest BCUT2D eigenvalue weighted by molar-refractivity contribution is -0.297. The molecule has 1 aromatic rings. The van der Waals surface area contributed by atoms with Crippen LogP contribution in [0.15, 0.2) is 23.4 Å². The molecule has 1 rings (SSSR count). The van der Waals surface area contributed by atoms with Crippen LogP contribution in [0.2, 0.25) is 0 Å². The topological polar surface area (TPSA) is 67.8 Å². The largest absolute Gasteiger partial charge is 0.455 e. The Morgan fingerprint density at radius 3 is 2.38 bits per heavy atom. The first-order valence-electron chi connectivity index (χ1n) is 5.37. The average molecular weight is 316 g/mol. The van der Waals surface area contributed by atoms with Gasteiger partial charge in [0.05, 0.1) is 12.2 Å². The van der Waals surface area contributed by atoms with Crippen molar-refractivity contribution in [1.29, 1.82) is 0 Å². The Labute approximate surface area is 114 Å². The van der Waals surface area contributed by atoms with Gasteiger partial charge in [0.15, 0.2) is 5.84 Å². The molecule has 0 bridgehead atoms. The maximum absolute atomic E-state index is 13.8. The van der Waals surface area contributed by atoms with Gasteiger partial charge in [-0.05, 0) is 6.07 Å². The van der Waals surface area contributed by atoms with E-state index in [0.717, 1.165) is 12.1 Å². The van der Waals surface area contributed by atoms with Crippen LogP contribution in [0.25, 0.3) is 0 Å². The fourth-order valence-corrected chi connectivity index (χ4v) is 1.31. The molecule has 0 amide bonds. The number of nitrogens with zero attached hydrogens (tertiary/aromatic N) is 1. The Hall–Kier alpha value is -1.97. The minimum absolute atomic E-state index is 0.308. The fraction of sp³-hybridized carbons (Fsp3) is 0.364. The van der Waals surface area contributed by atoms with Gasteiger partial charge in [0.2, 0.25) is 0 Å². The highest BCUT2D eigenvalue weighted by Gasteiger charge is 2.57. The molecule has 0 saturated carbocycles. The molecule has 0 unspecified atom stereocenters. The zero-order valence-corrected chi connectivity index (χ0v) is 10.3. The number of hydrogen-bond acceptors (Lipinski definition) is 3. The number of alkyl halides is 5. The number of amidine groups is 1. The highest BCUT2D eigenvalue weighted by atomic mass is 19.4. The van der Waals surface area contributed by atoms with Crippen molar-refractivity contribution >= 4 is 5.84 Å². The first-order chi connectivity index (χ1) is 9.60. The van der Waals surface area contributed by atoms with E-state index in [4.69, 9.17) is 10.9 Å². The van der Waals surface area contributed by atoms with Crippen molar-refractivity contribution in [2.24, 2.45) is 10.9 Å². The minimum atomic E-state index is -5.75. The maximum atomic E-state index is 13.8. The third-order valence-corrected chi connectivity index (χ3v) is 2.42. The maximum Gasteiger partial charge on any atom is 0.455 e. The van der Waals surface area contributed by atoms with Gasteiger partial charge in [0.1, 0.15) is 12.4 Å². The summed E-state index contributed by atoms with van der Waals surface area (Å²) < 4.78 is 78.8. The van der Waals surface area contributed by atoms with Gasteiger partial charge in [-0.15, -0.1) is 0 Å². The van der Waals surface area contributed by atoms with Crippen LogP contribution in [0.3, 0.4) is 0 Å². The second-order valence-electron chi connectivity index (χ2n) is 3.96. The smallest absolute Gasteiger partial charge is 0.409 e. The van der Waals surface area contributed by atoms with Crippen LogP contribution < -0.4 is 5.73 Å². The van der Waals surface area contributed by atoms with Crippen LogP contribution >= 0.6 is 0 Å². The predicted octanol–water partition coefficient (Wildman–Crippen LogP) is 2.63. The van der Waals surface area contributed by atoms with Gasteiger partial charge in [-0.25, -0.2) is 4.39 Å². The summed E-state index contributed by atoms with van der Waals surface area (Å²) >= 11 is 0. The lowest BCUT2D eigenvalue weighted by atomic mass is 10.1. The lowest BCUT2D eigenvalue weighted by Crippen LogP contribution is -2.40. The molecule has 0 saturated heterocycles. The average Bonchev–Trinajstić information content (AvgIpc) is 2.38. The molecule has 10 heteroatoms. The van der Waals surface area contributed by atoms with E-state index in [2.05, 4.69) is 9.89 Å². The SMILES string of the molecule is N/C(=N/O)c1cccc(COCC(F)(F)C(F)(F)F)c1F. The molecule has 1 aromatic carbocycles. The molecular formula is C11H10F6N2O2. The van der Waals surface area contributed by atoms with E-state index in [1.807, 2.05) is 0 Å². The van der Waals surface area contributed by atoms with E-state index in [-0.39, 0.29) is 11.1 Å². The standard InChI is InChI=1S/C11H10F6N2O2/c12-8-6(2-1-3-7(8)9(18)19-20)4-21-5-10(13,14)11(15,16)17/h1-3,20H,4-5H2,(H2,18,19). The Kier molecular flexibility index (Phi) is 5.05. The number of halogens is 6. The van der Waals surface area contributed by atoms with Crippen LogP contribution in [-0.4, -0.2) is 29.7 Å². The molecular weight excluding hydrogens is 306 g/mol. The molecule has 3 N–H and O–H groups in total. The highest BCUT2D eigenvalue weighted by Crippen LogP contribution is 2.35. The molecule has 118 valence electrons. The third-order valence-electron chi connectivity index (χ3n) is 2.42. The van der Waals surface area contributed by atoms with Crippen molar-refractivity contribution in [2.45, 2.75) is 18.7 Å². The summed E-state index contributed by atoms with van der Waals surface area (Å²) in [5, 5.41) is 11.0. The Morgan fingerprint density at radius 1 is 1.24 bits per heavy atom. The third kappa shape index (κ3) is 4.00. The van der Waals surface area contributed by atoms with Crippen LogP contribution in [0, 0.1) is 5.82 Å². The highest BCUT2D eigenvalue weighted by molar-refractivity contribution is 5.97. The molecule has 0 aliphatic heterocycles. The summed E-state index contributed by atoms with van der Waals surface area (Å²) in [5.74, 6) is -6.65. The van der Waals surface area contributed by atoms with Crippen LogP contribution in [0.5, 0.6) is 0 Å². The number of rotatable bonds is 5. The van der Waals surface area contributed by atoms with E-state index >= 15 is 0 Å². The monoisotopic (exact) mass is 316 g/mol. The summed E-state index contributed by atoms with van der Waals surface area (Å²) in [6.45, 7) is -2.77. The zero-order valence-electron chi connectivity index (χ0n) is 10.3. The van der Waals surface area contributed by atoms with E-state index in [0.29, 0.717) is 0 Å². The van der Waals surface area contributed by atoms with Gasteiger partial charge < -0.3 is 15.7 Å². The van der Waals surface area contributed by atoms with Crippen molar-refractivity contribution < 1.29 is 36.3 Å². The molecule has 0 aliphatic rings.